The number of rotatable bonds is 3. The molecule has 26 heavy (non-hydrogen) atoms. The van der Waals surface area contributed by atoms with Crippen molar-refractivity contribution in [2.24, 2.45) is 4.99 Å². The third kappa shape index (κ3) is 3.55. The molecule has 3 aromatic rings. The van der Waals surface area contributed by atoms with E-state index in [0.717, 1.165) is 16.9 Å². The molecule has 1 unspecified atom stereocenters. The van der Waals surface area contributed by atoms with Crippen LogP contribution in [0.4, 0.5) is 11.4 Å². The Hall–Kier alpha value is -2.85. The van der Waals surface area contributed by atoms with Crippen molar-refractivity contribution < 1.29 is 4.79 Å². The predicted octanol–water partition coefficient (Wildman–Crippen LogP) is 5.59. The van der Waals surface area contributed by atoms with Crippen LogP contribution in [0.5, 0.6) is 0 Å². The Morgan fingerprint density at radius 1 is 0.808 bits per heavy atom. The quantitative estimate of drug-likeness (QED) is 0.612. The minimum Gasteiger partial charge on any atom is -0.274 e. The van der Waals surface area contributed by atoms with E-state index in [1.54, 1.807) is 16.7 Å². The third-order valence-electron chi connectivity index (χ3n) is 4.22. The molecule has 1 saturated heterocycles. The summed E-state index contributed by atoms with van der Waals surface area (Å²) in [6.07, 6.45) is 0.456. The SMILES string of the molecule is O=C1CC(c2ccccc2)SC(=Nc2ccccc2)N1c1ccccc1. The van der Waals surface area contributed by atoms with Crippen LogP contribution in [0.15, 0.2) is 96.0 Å². The van der Waals surface area contributed by atoms with Gasteiger partial charge in [0.2, 0.25) is 5.91 Å². The van der Waals surface area contributed by atoms with Crippen molar-refractivity contribution in [1.29, 1.82) is 0 Å². The van der Waals surface area contributed by atoms with Gasteiger partial charge in [0, 0.05) is 11.7 Å². The molecule has 1 aliphatic rings. The zero-order valence-corrected chi connectivity index (χ0v) is 15.0. The molecule has 0 N–H and O–H groups in total. The molecule has 1 aliphatic heterocycles. The summed E-state index contributed by atoms with van der Waals surface area (Å²) in [5.41, 5.74) is 2.85. The highest BCUT2D eigenvalue weighted by molar-refractivity contribution is 8.14. The monoisotopic (exact) mass is 358 g/mol. The number of nitrogens with zero attached hydrogens (tertiary/aromatic N) is 2. The average molecular weight is 358 g/mol. The topological polar surface area (TPSA) is 32.7 Å². The van der Waals surface area contributed by atoms with Crippen molar-refractivity contribution in [2.75, 3.05) is 4.90 Å². The number of para-hydroxylation sites is 2. The summed E-state index contributed by atoms with van der Waals surface area (Å²) < 4.78 is 0. The highest BCUT2D eigenvalue weighted by Crippen LogP contribution is 2.41. The van der Waals surface area contributed by atoms with Gasteiger partial charge in [-0.1, -0.05) is 78.5 Å². The van der Waals surface area contributed by atoms with Crippen LogP contribution in [0, 0.1) is 0 Å². The second kappa shape index (κ2) is 7.58. The van der Waals surface area contributed by atoms with E-state index in [-0.39, 0.29) is 11.2 Å². The van der Waals surface area contributed by atoms with Gasteiger partial charge < -0.3 is 0 Å². The molecule has 3 nitrogen and oxygen atoms in total. The lowest BCUT2D eigenvalue weighted by atomic mass is 10.1. The van der Waals surface area contributed by atoms with Crippen LogP contribution in [0.1, 0.15) is 17.2 Å². The zero-order chi connectivity index (χ0) is 17.8. The fraction of sp³-hybridized carbons (Fsp3) is 0.0909. The molecule has 0 radical (unpaired) electrons. The summed E-state index contributed by atoms with van der Waals surface area (Å²) in [5.74, 6) is 0.0680. The first kappa shape index (κ1) is 16.6. The zero-order valence-electron chi connectivity index (χ0n) is 14.2. The smallest absolute Gasteiger partial charge is 0.234 e. The Labute approximate surface area is 157 Å². The predicted molar refractivity (Wildman–Crippen MR) is 109 cm³/mol. The van der Waals surface area contributed by atoms with Crippen molar-refractivity contribution in [3.63, 3.8) is 0 Å². The van der Waals surface area contributed by atoms with E-state index in [2.05, 4.69) is 12.1 Å². The first-order valence-corrected chi connectivity index (χ1v) is 9.42. The van der Waals surface area contributed by atoms with Crippen LogP contribution in [0.2, 0.25) is 0 Å². The molecule has 1 heterocycles. The first-order valence-electron chi connectivity index (χ1n) is 8.54. The molecule has 1 amide bonds. The Kier molecular flexibility index (Phi) is 4.84. The standard InChI is InChI=1S/C22H18N2OS/c25-21-16-20(17-10-4-1-5-11-17)26-22(23-18-12-6-2-7-13-18)24(21)19-14-8-3-9-15-19/h1-15,20H,16H2. The van der Waals surface area contributed by atoms with Gasteiger partial charge in [0.25, 0.3) is 0 Å². The number of benzene rings is 3. The molecular formula is C22H18N2OS. The van der Waals surface area contributed by atoms with Gasteiger partial charge in [-0.15, -0.1) is 0 Å². The first-order chi connectivity index (χ1) is 12.8. The maximum Gasteiger partial charge on any atom is 0.234 e. The molecular weight excluding hydrogens is 340 g/mol. The molecule has 1 fully saturated rings. The van der Waals surface area contributed by atoms with E-state index in [9.17, 15) is 4.79 Å². The van der Waals surface area contributed by atoms with Crippen LogP contribution in [0.3, 0.4) is 0 Å². The van der Waals surface area contributed by atoms with Gasteiger partial charge in [-0.3, -0.25) is 9.69 Å². The summed E-state index contributed by atoms with van der Waals surface area (Å²) in [5, 5.41) is 0.790. The van der Waals surface area contributed by atoms with E-state index < -0.39 is 0 Å². The van der Waals surface area contributed by atoms with Crippen LogP contribution in [-0.2, 0) is 4.79 Å². The summed E-state index contributed by atoms with van der Waals surface area (Å²) in [7, 11) is 0. The summed E-state index contributed by atoms with van der Waals surface area (Å²) >= 11 is 1.64. The van der Waals surface area contributed by atoms with Gasteiger partial charge in [-0.25, -0.2) is 4.99 Å². The second-order valence-electron chi connectivity index (χ2n) is 6.02. The van der Waals surface area contributed by atoms with Crippen molar-refractivity contribution in [1.82, 2.24) is 0 Å². The lowest BCUT2D eigenvalue weighted by Crippen LogP contribution is -2.40. The minimum absolute atomic E-state index is 0.0680. The third-order valence-corrected chi connectivity index (χ3v) is 5.42. The number of hydrogen-bond acceptors (Lipinski definition) is 3. The normalized spacial score (nSPS) is 18.9. The molecule has 3 aromatic carbocycles. The molecule has 0 aromatic heterocycles. The van der Waals surface area contributed by atoms with Gasteiger partial charge in [-0.05, 0) is 29.8 Å². The van der Waals surface area contributed by atoms with Crippen molar-refractivity contribution in [3.8, 4) is 0 Å². The maximum atomic E-state index is 13.0. The molecule has 1 atom stereocenters. The molecule has 0 spiro atoms. The summed E-state index contributed by atoms with van der Waals surface area (Å²) in [6, 6.07) is 29.7. The number of aliphatic imine (C=N–C) groups is 1. The lowest BCUT2D eigenvalue weighted by Gasteiger charge is -2.32. The Bertz CT molecular complexity index is 911. The van der Waals surface area contributed by atoms with E-state index in [4.69, 9.17) is 4.99 Å². The van der Waals surface area contributed by atoms with Crippen molar-refractivity contribution >= 4 is 34.2 Å². The van der Waals surface area contributed by atoms with Crippen molar-refractivity contribution in [2.45, 2.75) is 11.7 Å². The second-order valence-corrected chi connectivity index (χ2v) is 7.19. The number of anilines is 1. The molecule has 0 bridgehead atoms. The van der Waals surface area contributed by atoms with Crippen LogP contribution in [0.25, 0.3) is 0 Å². The van der Waals surface area contributed by atoms with Gasteiger partial charge in [0.1, 0.15) is 0 Å². The molecule has 128 valence electrons. The summed E-state index contributed by atoms with van der Waals surface area (Å²) in [4.78, 5) is 19.5. The number of carbonyl (C=O) groups excluding carboxylic acids is 1. The van der Waals surface area contributed by atoms with Gasteiger partial charge in [-0.2, -0.15) is 0 Å². The highest BCUT2D eigenvalue weighted by Gasteiger charge is 2.33. The molecule has 4 rings (SSSR count). The Morgan fingerprint density at radius 3 is 2.04 bits per heavy atom. The minimum atomic E-state index is 0.0680. The van der Waals surface area contributed by atoms with Crippen molar-refractivity contribution in [3.05, 3.63) is 96.6 Å². The largest absolute Gasteiger partial charge is 0.274 e. The van der Waals surface area contributed by atoms with E-state index in [1.807, 2.05) is 78.9 Å². The van der Waals surface area contributed by atoms with Gasteiger partial charge >= 0.3 is 0 Å². The molecule has 0 saturated carbocycles. The van der Waals surface area contributed by atoms with E-state index in [0.29, 0.717) is 11.6 Å². The fourth-order valence-electron chi connectivity index (χ4n) is 2.95. The fourth-order valence-corrected chi connectivity index (χ4v) is 4.20. The number of hydrogen-bond donors (Lipinski definition) is 0. The number of carbonyl (C=O) groups is 1. The summed E-state index contributed by atoms with van der Waals surface area (Å²) in [6.45, 7) is 0. The van der Waals surface area contributed by atoms with Gasteiger partial charge in [0.05, 0.1) is 11.4 Å². The van der Waals surface area contributed by atoms with Crippen LogP contribution < -0.4 is 4.90 Å². The number of amides is 1. The molecule has 0 aliphatic carbocycles. The van der Waals surface area contributed by atoms with Crippen LogP contribution >= 0.6 is 11.8 Å². The molecule has 4 heteroatoms. The Balaban J connectivity index is 1.74. The maximum absolute atomic E-state index is 13.0. The van der Waals surface area contributed by atoms with E-state index in [1.165, 1.54) is 0 Å². The highest BCUT2D eigenvalue weighted by atomic mass is 32.2. The van der Waals surface area contributed by atoms with E-state index >= 15 is 0 Å². The Morgan fingerprint density at radius 2 is 1.38 bits per heavy atom. The number of thioether (sulfide) groups is 1. The average Bonchev–Trinajstić information content (AvgIpc) is 2.70. The number of amidine groups is 1. The van der Waals surface area contributed by atoms with Gasteiger partial charge in [0.15, 0.2) is 5.17 Å². The van der Waals surface area contributed by atoms with Crippen LogP contribution in [-0.4, -0.2) is 11.1 Å². The lowest BCUT2D eigenvalue weighted by molar-refractivity contribution is -0.117.